The van der Waals surface area contributed by atoms with Crippen LogP contribution in [0.4, 0.5) is 0 Å². The van der Waals surface area contributed by atoms with Crippen LogP contribution in [-0.4, -0.2) is 20.7 Å². The standard InChI is InChI=1S/C20H25N3O2/c1-6-12(3)16-17(14-8-10-15(24)11-9-14)18(13(4)7-2)23(5)19(16)20(21)22-25/h6-11,24-25H,1-5H3,(H2,21,22)/b12-6-,13-7-. The van der Waals surface area contributed by atoms with Crippen LogP contribution in [0.5, 0.6) is 5.75 Å². The van der Waals surface area contributed by atoms with E-state index >= 15 is 0 Å². The Bertz CT molecular complexity index is 869. The monoisotopic (exact) mass is 339 g/mol. The molecule has 4 N–H and O–H groups in total. The van der Waals surface area contributed by atoms with E-state index in [9.17, 15) is 10.3 Å². The Balaban J connectivity index is 3.03. The number of aromatic nitrogens is 1. The number of phenolic OH excluding ortho intramolecular Hbond substituents is 1. The summed E-state index contributed by atoms with van der Waals surface area (Å²) in [5, 5.41) is 22.1. The molecule has 2 rings (SSSR count). The highest BCUT2D eigenvalue weighted by Crippen LogP contribution is 2.40. The zero-order valence-corrected chi connectivity index (χ0v) is 15.3. The average molecular weight is 339 g/mol. The summed E-state index contributed by atoms with van der Waals surface area (Å²) < 4.78 is 1.95. The van der Waals surface area contributed by atoms with Gasteiger partial charge in [-0.1, -0.05) is 29.4 Å². The summed E-state index contributed by atoms with van der Waals surface area (Å²) in [6, 6.07) is 7.07. The Morgan fingerprint density at radius 3 is 2.08 bits per heavy atom. The highest BCUT2D eigenvalue weighted by atomic mass is 16.4. The average Bonchev–Trinajstić information content (AvgIpc) is 2.93. The van der Waals surface area contributed by atoms with E-state index in [0.717, 1.165) is 33.5 Å². The minimum absolute atomic E-state index is 0.0638. The second-order valence-corrected chi connectivity index (χ2v) is 5.98. The third kappa shape index (κ3) is 3.18. The van der Waals surface area contributed by atoms with Gasteiger partial charge in [-0.05, 0) is 56.5 Å². The zero-order valence-electron chi connectivity index (χ0n) is 15.3. The van der Waals surface area contributed by atoms with Gasteiger partial charge in [0.1, 0.15) is 5.75 Å². The van der Waals surface area contributed by atoms with Gasteiger partial charge in [-0.2, -0.15) is 0 Å². The number of phenols is 1. The van der Waals surface area contributed by atoms with Crippen LogP contribution in [0.15, 0.2) is 41.6 Å². The van der Waals surface area contributed by atoms with E-state index in [1.54, 1.807) is 12.1 Å². The SMILES string of the molecule is C/C=C(/C)c1c(-c2ccc(O)cc2)c(/C(C)=C\C)n(C)c1C(N)=NO. The lowest BCUT2D eigenvalue weighted by Crippen LogP contribution is -2.19. The Kier molecular flexibility index (Phi) is 5.37. The Labute approximate surface area is 148 Å². The van der Waals surface area contributed by atoms with Crippen LogP contribution < -0.4 is 5.73 Å². The number of oxime groups is 1. The van der Waals surface area contributed by atoms with Gasteiger partial charge in [0.15, 0.2) is 5.84 Å². The molecule has 2 aromatic rings. The highest BCUT2D eigenvalue weighted by molar-refractivity contribution is 6.05. The summed E-state index contributed by atoms with van der Waals surface area (Å²) >= 11 is 0. The van der Waals surface area contributed by atoms with Gasteiger partial charge in [-0.3, -0.25) is 0 Å². The van der Waals surface area contributed by atoms with Crippen LogP contribution in [0.1, 0.15) is 44.6 Å². The van der Waals surface area contributed by atoms with Gasteiger partial charge in [-0.15, -0.1) is 0 Å². The van der Waals surface area contributed by atoms with Crippen molar-refractivity contribution in [2.24, 2.45) is 17.9 Å². The van der Waals surface area contributed by atoms with E-state index in [0.29, 0.717) is 5.69 Å². The number of nitrogens with zero attached hydrogens (tertiary/aromatic N) is 2. The van der Waals surface area contributed by atoms with Crippen molar-refractivity contribution in [2.75, 3.05) is 0 Å². The molecule has 0 aliphatic rings. The summed E-state index contributed by atoms with van der Waals surface area (Å²) in [5.41, 5.74) is 12.6. The van der Waals surface area contributed by atoms with Crippen molar-refractivity contribution in [1.82, 2.24) is 4.57 Å². The molecule has 0 spiro atoms. The van der Waals surface area contributed by atoms with E-state index in [1.807, 2.05) is 63.6 Å². The molecule has 0 amide bonds. The highest BCUT2D eigenvalue weighted by Gasteiger charge is 2.25. The van der Waals surface area contributed by atoms with Gasteiger partial charge >= 0.3 is 0 Å². The molecule has 0 aliphatic heterocycles. The molecule has 0 saturated heterocycles. The van der Waals surface area contributed by atoms with Crippen molar-refractivity contribution in [3.63, 3.8) is 0 Å². The normalized spacial score (nSPS) is 13.4. The molecular weight excluding hydrogens is 314 g/mol. The number of nitrogens with two attached hydrogens (primary N) is 1. The molecule has 1 heterocycles. The fraction of sp³-hybridized carbons (Fsp3) is 0.250. The summed E-state index contributed by atoms with van der Waals surface area (Å²) in [6.07, 6.45) is 4.03. The molecule has 1 aromatic heterocycles. The molecule has 0 atom stereocenters. The Hall–Kier alpha value is -2.95. The van der Waals surface area contributed by atoms with Crippen molar-refractivity contribution < 1.29 is 10.3 Å². The van der Waals surface area contributed by atoms with Gasteiger partial charge in [0, 0.05) is 18.2 Å². The van der Waals surface area contributed by atoms with E-state index in [2.05, 4.69) is 5.16 Å². The maximum Gasteiger partial charge on any atom is 0.187 e. The van der Waals surface area contributed by atoms with Crippen molar-refractivity contribution in [3.05, 3.63) is 53.4 Å². The number of rotatable bonds is 4. The van der Waals surface area contributed by atoms with Gasteiger partial charge in [0.2, 0.25) is 0 Å². The maximum atomic E-state index is 9.64. The third-order valence-electron chi connectivity index (χ3n) is 4.53. The largest absolute Gasteiger partial charge is 0.508 e. The van der Waals surface area contributed by atoms with Crippen LogP contribution >= 0.6 is 0 Å². The van der Waals surface area contributed by atoms with E-state index in [4.69, 9.17) is 5.73 Å². The number of amidine groups is 1. The molecule has 5 heteroatoms. The van der Waals surface area contributed by atoms with Gasteiger partial charge in [-0.25, -0.2) is 0 Å². The van der Waals surface area contributed by atoms with Crippen LogP contribution in [-0.2, 0) is 7.05 Å². The predicted octanol–water partition coefficient (Wildman–Crippen LogP) is 4.34. The van der Waals surface area contributed by atoms with E-state index < -0.39 is 0 Å². The molecular formula is C20H25N3O2. The van der Waals surface area contributed by atoms with Crippen molar-refractivity contribution in [3.8, 4) is 16.9 Å². The molecule has 0 aliphatic carbocycles. The topological polar surface area (TPSA) is 83.8 Å². The lowest BCUT2D eigenvalue weighted by molar-refractivity contribution is 0.318. The number of hydrogen-bond acceptors (Lipinski definition) is 3. The maximum absolute atomic E-state index is 9.64. The molecule has 1 aromatic carbocycles. The zero-order chi connectivity index (χ0) is 18.7. The molecule has 0 saturated carbocycles. The van der Waals surface area contributed by atoms with Crippen molar-refractivity contribution >= 4 is 17.0 Å². The van der Waals surface area contributed by atoms with Crippen LogP contribution in [0.3, 0.4) is 0 Å². The van der Waals surface area contributed by atoms with Gasteiger partial charge in [0.05, 0.1) is 11.4 Å². The minimum Gasteiger partial charge on any atom is -0.508 e. The fourth-order valence-electron chi connectivity index (χ4n) is 3.07. The van der Waals surface area contributed by atoms with E-state index in [1.165, 1.54) is 0 Å². The first-order valence-corrected chi connectivity index (χ1v) is 8.13. The summed E-state index contributed by atoms with van der Waals surface area (Å²) in [4.78, 5) is 0. The number of hydrogen-bond donors (Lipinski definition) is 3. The molecule has 0 bridgehead atoms. The number of allylic oxidation sites excluding steroid dienone is 4. The summed E-state index contributed by atoms with van der Waals surface area (Å²) in [6.45, 7) is 7.97. The van der Waals surface area contributed by atoms with Crippen molar-refractivity contribution in [2.45, 2.75) is 27.7 Å². The lowest BCUT2D eigenvalue weighted by Gasteiger charge is -2.10. The second-order valence-electron chi connectivity index (χ2n) is 5.98. The van der Waals surface area contributed by atoms with E-state index in [-0.39, 0.29) is 11.6 Å². The first kappa shape index (κ1) is 18.4. The fourth-order valence-corrected chi connectivity index (χ4v) is 3.07. The van der Waals surface area contributed by atoms with Gasteiger partial charge in [0.25, 0.3) is 0 Å². The quantitative estimate of drug-likeness (QED) is 0.335. The molecule has 5 nitrogen and oxygen atoms in total. The predicted molar refractivity (Wildman–Crippen MR) is 104 cm³/mol. The minimum atomic E-state index is 0.0638. The van der Waals surface area contributed by atoms with Crippen LogP contribution in [0.25, 0.3) is 22.3 Å². The molecule has 0 unspecified atom stereocenters. The van der Waals surface area contributed by atoms with Crippen LogP contribution in [0, 0.1) is 0 Å². The Morgan fingerprint density at radius 2 is 1.60 bits per heavy atom. The molecule has 132 valence electrons. The van der Waals surface area contributed by atoms with Crippen molar-refractivity contribution in [1.29, 1.82) is 0 Å². The lowest BCUT2D eigenvalue weighted by atomic mass is 9.93. The van der Waals surface area contributed by atoms with Gasteiger partial charge < -0.3 is 20.6 Å². The number of benzene rings is 1. The number of aromatic hydroxyl groups is 1. The second kappa shape index (κ2) is 7.30. The molecule has 25 heavy (non-hydrogen) atoms. The third-order valence-corrected chi connectivity index (χ3v) is 4.53. The smallest absolute Gasteiger partial charge is 0.187 e. The Morgan fingerprint density at radius 1 is 1.04 bits per heavy atom. The summed E-state index contributed by atoms with van der Waals surface area (Å²) in [5.74, 6) is 0.277. The summed E-state index contributed by atoms with van der Waals surface area (Å²) in [7, 11) is 1.91. The molecule has 0 radical (unpaired) electrons. The molecule has 0 fully saturated rings. The first-order chi connectivity index (χ1) is 11.9. The van der Waals surface area contributed by atoms with Crippen LogP contribution in [0.2, 0.25) is 0 Å². The first-order valence-electron chi connectivity index (χ1n) is 8.13.